The van der Waals surface area contributed by atoms with E-state index in [0.717, 1.165) is 24.2 Å². The molecule has 1 aromatic heterocycles. The number of benzene rings is 1. The minimum absolute atomic E-state index is 0.110. The summed E-state index contributed by atoms with van der Waals surface area (Å²) < 4.78 is 16.2. The lowest BCUT2D eigenvalue weighted by atomic mass is 10.2. The van der Waals surface area contributed by atoms with Gasteiger partial charge in [-0.3, -0.25) is 14.4 Å². The van der Waals surface area contributed by atoms with Gasteiger partial charge in [-0.2, -0.15) is 5.10 Å². The highest BCUT2D eigenvalue weighted by atomic mass is 79.9. The molecule has 26 heavy (non-hydrogen) atoms. The van der Waals surface area contributed by atoms with Gasteiger partial charge in [-0.15, -0.1) is 0 Å². The van der Waals surface area contributed by atoms with Gasteiger partial charge < -0.3 is 4.90 Å². The lowest BCUT2D eigenvalue weighted by Gasteiger charge is -2.22. The molecule has 0 radical (unpaired) electrons. The summed E-state index contributed by atoms with van der Waals surface area (Å²) in [6, 6.07) is 4.80. The van der Waals surface area contributed by atoms with Gasteiger partial charge in [0.1, 0.15) is 11.0 Å². The zero-order chi connectivity index (χ0) is 18.8. The summed E-state index contributed by atoms with van der Waals surface area (Å²) in [4.78, 5) is 16.7. The molecule has 0 bridgehead atoms. The molecule has 0 N–H and O–H groups in total. The van der Waals surface area contributed by atoms with Gasteiger partial charge in [-0.05, 0) is 41.4 Å². The van der Waals surface area contributed by atoms with Crippen LogP contribution in [0.2, 0.25) is 5.15 Å². The van der Waals surface area contributed by atoms with Crippen LogP contribution in [0.25, 0.3) is 0 Å². The Morgan fingerprint density at radius 1 is 1.31 bits per heavy atom. The highest BCUT2D eigenvalue weighted by Gasteiger charge is 2.24. The highest BCUT2D eigenvalue weighted by Crippen LogP contribution is 2.23. The predicted molar refractivity (Wildman–Crippen MR) is 103 cm³/mol. The zero-order valence-corrected chi connectivity index (χ0v) is 17.1. The van der Waals surface area contributed by atoms with Crippen LogP contribution >= 0.6 is 27.5 Å². The van der Waals surface area contributed by atoms with Gasteiger partial charge in [0.05, 0.1) is 15.7 Å². The van der Waals surface area contributed by atoms with Crippen LogP contribution < -0.4 is 0 Å². The van der Waals surface area contributed by atoms with E-state index in [9.17, 15) is 9.18 Å². The van der Waals surface area contributed by atoms with Crippen molar-refractivity contribution >= 4 is 33.4 Å². The number of halogens is 3. The topological polar surface area (TPSA) is 41.4 Å². The van der Waals surface area contributed by atoms with Crippen LogP contribution in [0.4, 0.5) is 4.39 Å². The van der Waals surface area contributed by atoms with E-state index < -0.39 is 5.82 Å². The molecule has 1 aromatic carbocycles. The van der Waals surface area contributed by atoms with Gasteiger partial charge in [0.25, 0.3) is 5.91 Å². The first-order valence-corrected chi connectivity index (χ1v) is 9.69. The Morgan fingerprint density at radius 3 is 2.77 bits per heavy atom. The fraction of sp³-hybridized carbons (Fsp3) is 0.444. The van der Waals surface area contributed by atoms with Crippen LogP contribution in [-0.2, 0) is 13.6 Å². The first-order valence-electron chi connectivity index (χ1n) is 8.52. The van der Waals surface area contributed by atoms with Crippen molar-refractivity contribution < 1.29 is 9.18 Å². The second-order valence-electron chi connectivity index (χ2n) is 6.50. The quantitative estimate of drug-likeness (QED) is 0.727. The van der Waals surface area contributed by atoms with Crippen molar-refractivity contribution in [1.29, 1.82) is 0 Å². The molecule has 3 rings (SSSR count). The third-order valence-corrected chi connectivity index (χ3v) is 5.79. The highest BCUT2D eigenvalue weighted by molar-refractivity contribution is 9.10. The number of rotatable bonds is 3. The van der Waals surface area contributed by atoms with Gasteiger partial charge in [0.15, 0.2) is 0 Å². The second kappa shape index (κ2) is 8.06. The molecule has 1 saturated heterocycles. The van der Waals surface area contributed by atoms with E-state index >= 15 is 0 Å². The average molecular weight is 444 g/mol. The van der Waals surface area contributed by atoms with E-state index in [0.29, 0.717) is 35.8 Å². The minimum Gasteiger partial charge on any atom is -0.337 e. The van der Waals surface area contributed by atoms with Crippen LogP contribution in [-0.4, -0.2) is 51.7 Å². The molecule has 1 amide bonds. The van der Waals surface area contributed by atoms with E-state index in [2.05, 4.69) is 25.9 Å². The first kappa shape index (κ1) is 19.3. The third kappa shape index (κ3) is 3.94. The molecule has 0 unspecified atom stereocenters. The van der Waals surface area contributed by atoms with Gasteiger partial charge in [-0.25, -0.2) is 4.39 Å². The fourth-order valence-corrected chi connectivity index (χ4v) is 3.85. The van der Waals surface area contributed by atoms with Crippen molar-refractivity contribution in [2.45, 2.75) is 19.9 Å². The normalized spacial score (nSPS) is 16.0. The van der Waals surface area contributed by atoms with Crippen LogP contribution in [0, 0.1) is 12.7 Å². The van der Waals surface area contributed by atoms with Crippen LogP contribution in [0.3, 0.4) is 0 Å². The number of hydrogen-bond acceptors (Lipinski definition) is 3. The average Bonchev–Trinajstić information content (AvgIpc) is 2.80. The summed E-state index contributed by atoms with van der Waals surface area (Å²) in [5.74, 6) is -0.766. The SMILES string of the molecule is Cc1nn(C)c(Cl)c1CN1CCCN(C(=O)c2cccc(Br)c2F)CC1. The summed E-state index contributed by atoms with van der Waals surface area (Å²) in [6.07, 6.45) is 0.832. The lowest BCUT2D eigenvalue weighted by Crippen LogP contribution is -2.35. The van der Waals surface area contributed by atoms with Crippen LogP contribution in [0.1, 0.15) is 28.0 Å². The number of hydrogen-bond donors (Lipinski definition) is 0. The van der Waals surface area contributed by atoms with Crippen LogP contribution in [0.5, 0.6) is 0 Å². The minimum atomic E-state index is -0.503. The third-order valence-electron chi connectivity index (χ3n) is 4.71. The summed E-state index contributed by atoms with van der Waals surface area (Å²) in [7, 11) is 1.83. The molecule has 1 aliphatic rings. The molecule has 2 heterocycles. The molecule has 5 nitrogen and oxygen atoms in total. The van der Waals surface area contributed by atoms with Crippen molar-refractivity contribution in [3.63, 3.8) is 0 Å². The summed E-state index contributed by atoms with van der Waals surface area (Å²) in [5, 5.41) is 5.00. The van der Waals surface area contributed by atoms with Crippen molar-refractivity contribution in [3.05, 3.63) is 50.5 Å². The van der Waals surface area contributed by atoms with Gasteiger partial charge in [0.2, 0.25) is 0 Å². The monoisotopic (exact) mass is 442 g/mol. The van der Waals surface area contributed by atoms with E-state index in [1.165, 1.54) is 6.07 Å². The lowest BCUT2D eigenvalue weighted by molar-refractivity contribution is 0.0756. The maximum absolute atomic E-state index is 14.2. The van der Waals surface area contributed by atoms with Gasteiger partial charge in [0, 0.05) is 45.3 Å². The summed E-state index contributed by atoms with van der Waals surface area (Å²) in [5.41, 5.74) is 2.05. The maximum Gasteiger partial charge on any atom is 0.256 e. The molecule has 0 aliphatic carbocycles. The zero-order valence-electron chi connectivity index (χ0n) is 14.8. The summed E-state index contributed by atoms with van der Waals surface area (Å²) >= 11 is 9.47. The Kier molecular flexibility index (Phi) is 5.99. The predicted octanol–water partition coefficient (Wildman–Crippen LogP) is 3.63. The molecule has 0 atom stereocenters. The molecule has 0 spiro atoms. The molecular formula is C18H21BrClFN4O. The van der Waals surface area contributed by atoms with E-state index in [-0.39, 0.29) is 11.5 Å². The second-order valence-corrected chi connectivity index (χ2v) is 7.71. The number of aryl methyl sites for hydroxylation is 2. The molecule has 0 saturated carbocycles. The first-order chi connectivity index (χ1) is 12.4. The smallest absolute Gasteiger partial charge is 0.256 e. The Morgan fingerprint density at radius 2 is 2.08 bits per heavy atom. The number of carbonyl (C=O) groups is 1. The molecular weight excluding hydrogens is 423 g/mol. The molecule has 8 heteroatoms. The largest absolute Gasteiger partial charge is 0.337 e. The Labute approximate surface area is 165 Å². The number of nitrogens with zero attached hydrogens (tertiary/aromatic N) is 4. The van der Waals surface area contributed by atoms with Crippen LogP contribution in [0.15, 0.2) is 22.7 Å². The number of aromatic nitrogens is 2. The van der Waals surface area contributed by atoms with Crippen molar-refractivity contribution in [1.82, 2.24) is 19.6 Å². The summed E-state index contributed by atoms with van der Waals surface area (Å²) in [6.45, 7) is 5.39. The van der Waals surface area contributed by atoms with E-state index in [1.807, 2.05) is 14.0 Å². The Bertz CT molecular complexity index is 826. The van der Waals surface area contributed by atoms with Crippen molar-refractivity contribution in [2.24, 2.45) is 7.05 Å². The Balaban J connectivity index is 1.68. The van der Waals surface area contributed by atoms with E-state index in [4.69, 9.17) is 11.6 Å². The number of amides is 1. The maximum atomic E-state index is 14.2. The van der Waals surface area contributed by atoms with Crippen molar-refractivity contribution in [2.75, 3.05) is 26.2 Å². The fourth-order valence-electron chi connectivity index (χ4n) is 3.25. The van der Waals surface area contributed by atoms with Crippen molar-refractivity contribution in [3.8, 4) is 0 Å². The molecule has 140 valence electrons. The standard InChI is InChI=1S/C18H21BrClFN4O/c1-12-14(17(20)23(2)22-12)11-24-7-4-8-25(10-9-24)18(26)13-5-3-6-15(19)16(13)21/h3,5-6H,4,7-11H2,1-2H3. The number of carbonyl (C=O) groups excluding carboxylic acids is 1. The molecule has 1 fully saturated rings. The van der Waals surface area contributed by atoms with E-state index in [1.54, 1.807) is 21.7 Å². The Hall–Kier alpha value is -1.44. The van der Waals surface area contributed by atoms with Gasteiger partial charge in [-0.1, -0.05) is 17.7 Å². The molecule has 2 aromatic rings. The van der Waals surface area contributed by atoms with Gasteiger partial charge >= 0.3 is 0 Å². The molecule has 1 aliphatic heterocycles.